The van der Waals surface area contributed by atoms with Crippen LogP contribution in [0.25, 0.3) is 11.1 Å². The fourth-order valence-corrected chi connectivity index (χ4v) is 1.67. The molecule has 2 rings (SSSR count). The molecule has 0 amide bonds. The number of benzene rings is 2. The molecule has 0 aliphatic heterocycles. The van der Waals surface area contributed by atoms with Gasteiger partial charge in [0.2, 0.25) is 0 Å². The van der Waals surface area contributed by atoms with Gasteiger partial charge in [0, 0.05) is 22.9 Å². The summed E-state index contributed by atoms with van der Waals surface area (Å²) in [7, 11) is 0. The first-order valence-corrected chi connectivity index (χ1v) is 6.71. The normalized spacial score (nSPS) is 9.85. The third kappa shape index (κ3) is 4.37. The predicted octanol–water partition coefficient (Wildman–Crippen LogP) is 3.81. The third-order valence-electron chi connectivity index (χ3n) is 2.32. The molecule has 2 aromatic carbocycles. The average Bonchev–Trinajstić information content (AvgIpc) is 2.41. The van der Waals surface area contributed by atoms with Crippen LogP contribution < -0.4 is 5.73 Å². The minimum atomic E-state index is -0.661. The Bertz CT molecular complexity index is 559. The zero-order valence-corrected chi connectivity index (χ0v) is 12.1. The van der Waals surface area contributed by atoms with Crippen LogP contribution in [0.5, 0.6) is 5.75 Å². The maximum atomic E-state index is 13.6. The van der Waals surface area contributed by atoms with Crippen LogP contribution in [0.2, 0.25) is 0 Å². The van der Waals surface area contributed by atoms with Gasteiger partial charge in [-0.3, -0.25) is 0 Å². The molecule has 0 radical (unpaired) electrons. The van der Waals surface area contributed by atoms with E-state index in [1.807, 2.05) is 0 Å². The van der Waals surface area contributed by atoms with Crippen LogP contribution in [0.15, 0.2) is 41.3 Å². The van der Waals surface area contributed by atoms with Gasteiger partial charge in [0.25, 0.3) is 0 Å². The smallest absolute Gasteiger partial charge is 0.134 e. The molecule has 0 saturated carbocycles. The van der Waals surface area contributed by atoms with E-state index in [-0.39, 0.29) is 16.9 Å². The zero-order chi connectivity index (χ0) is 15.1. The van der Waals surface area contributed by atoms with E-state index in [2.05, 4.69) is 12.6 Å². The van der Waals surface area contributed by atoms with Crippen LogP contribution in [0.1, 0.15) is 0 Å². The Balaban J connectivity index is 0.000000444. The van der Waals surface area contributed by atoms with Gasteiger partial charge in [-0.05, 0) is 24.3 Å². The summed E-state index contributed by atoms with van der Waals surface area (Å²) in [6.45, 7) is 0.585. The van der Waals surface area contributed by atoms with Gasteiger partial charge in [-0.2, -0.15) is 0 Å². The van der Waals surface area contributed by atoms with Crippen molar-refractivity contribution in [2.75, 3.05) is 12.4 Å². The largest absolute Gasteiger partial charge is 0.507 e. The van der Waals surface area contributed by atoms with E-state index >= 15 is 0 Å². The topological polar surface area (TPSA) is 46.2 Å². The van der Waals surface area contributed by atoms with Gasteiger partial charge in [0.15, 0.2) is 0 Å². The van der Waals surface area contributed by atoms with Gasteiger partial charge in [0.1, 0.15) is 17.4 Å². The van der Waals surface area contributed by atoms with Crippen molar-refractivity contribution < 1.29 is 13.9 Å². The number of halogens is 3. The Morgan fingerprint density at radius 1 is 1.15 bits per heavy atom. The fourth-order valence-electron chi connectivity index (χ4n) is 1.49. The van der Waals surface area contributed by atoms with Gasteiger partial charge < -0.3 is 10.8 Å². The molecule has 0 aliphatic rings. The summed E-state index contributed by atoms with van der Waals surface area (Å²) in [6, 6.07) is 7.93. The number of aromatic hydroxyl groups is 1. The number of phenolic OH excluding ortho intramolecular Hbond substituents is 1. The van der Waals surface area contributed by atoms with E-state index in [0.717, 1.165) is 0 Å². The molecule has 2 nitrogen and oxygen atoms in total. The predicted molar refractivity (Wildman–Crippen MR) is 80.5 cm³/mol. The van der Waals surface area contributed by atoms with Crippen molar-refractivity contribution in [2.45, 2.75) is 4.90 Å². The maximum Gasteiger partial charge on any atom is 0.134 e. The zero-order valence-electron chi connectivity index (χ0n) is 10.5. The highest BCUT2D eigenvalue weighted by Gasteiger charge is 2.14. The lowest BCUT2D eigenvalue weighted by atomic mass is 10.0. The molecule has 0 heterocycles. The van der Waals surface area contributed by atoms with E-state index < -0.39 is 11.6 Å². The van der Waals surface area contributed by atoms with E-state index in [4.69, 9.17) is 17.3 Å². The van der Waals surface area contributed by atoms with Gasteiger partial charge >= 0.3 is 0 Å². The van der Waals surface area contributed by atoms with Crippen molar-refractivity contribution in [3.63, 3.8) is 0 Å². The summed E-state index contributed by atoms with van der Waals surface area (Å²) in [5, 5.41) is 9.51. The monoisotopic (exact) mass is 317 g/mol. The fraction of sp³-hybridized carbons (Fsp3) is 0.143. The lowest BCUT2D eigenvalue weighted by molar-refractivity contribution is 0.471. The molecule has 108 valence electrons. The highest BCUT2D eigenvalue weighted by atomic mass is 35.5. The van der Waals surface area contributed by atoms with Crippen LogP contribution in [0.4, 0.5) is 8.78 Å². The first-order chi connectivity index (χ1) is 9.51. The number of hydrogen-bond acceptors (Lipinski definition) is 3. The van der Waals surface area contributed by atoms with E-state index in [9.17, 15) is 13.9 Å². The molecule has 0 spiro atoms. The molecule has 3 N–H and O–H groups in total. The average molecular weight is 318 g/mol. The van der Waals surface area contributed by atoms with Gasteiger partial charge in [-0.1, -0.05) is 12.1 Å². The van der Waals surface area contributed by atoms with Crippen molar-refractivity contribution in [3.05, 3.63) is 48.0 Å². The van der Waals surface area contributed by atoms with E-state index in [1.165, 1.54) is 36.4 Å². The summed E-state index contributed by atoms with van der Waals surface area (Å²) in [5.41, 5.74) is 4.79. The first kappa shape index (κ1) is 16.8. The van der Waals surface area contributed by atoms with Crippen molar-refractivity contribution in [3.8, 4) is 16.9 Å². The number of thiol groups is 1. The number of nitrogens with two attached hydrogens (primary N) is 1. The van der Waals surface area contributed by atoms with Crippen molar-refractivity contribution in [1.29, 1.82) is 0 Å². The van der Waals surface area contributed by atoms with Crippen LogP contribution in [-0.2, 0) is 0 Å². The summed E-state index contributed by atoms with van der Waals surface area (Å²) in [6.07, 6.45) is 0. The highest BCUT2D eigenvalue weighted by molar-refractivity contribution is 7.80. The molecule has 2 aromatic rings. The molecule has 0 saturated heterocycles. The Morgan fingerprint density at radius 3 is 2.30 bits per heavy atom. The van der Waals surface area contributed by atoms with Gasteiger partial charge in [-0.15, -0.1) is 24.2 Å². The Labute approximate surface area is 126 Å². The second-order valence-corrected chi connectivity index (χ2v) is 4.67. The summed E-state index contributed by atoms with van der Waals surface area (Å²) in [4.78, 5) is 0.442. The minimum absolute atomic E-state index is 0.0217. The van der Waals surface area contributed by atoms with Crippen LogP contribution in [-0.4, -0.2) is 17.5 Å². The maximum absolute atomic E-state index is 13.6. The van der Waals surface area contributed by atoms with Crippen molar-refractivity contribution in [1.82, 2.24) is 0 Å². The SMILES string of the molecule is NCCCl.Oc1cccc(F)c1-c1ccc(S)cc1F. The summed E-state index contributed by atoms with van der Waals surface area (Å²) in [5.74, 6) is -0.996. The van der Waals surface area contributed by atoms with E-state index in [0.29, 0.717) is 17.3 Å². The molecular weight excluding hydrogens is 304 g/mol. The summed E-state index contributed by atoms with van der Waals surface area (Å²) < 4.78 is 27.0. The van der Waals surface area contributed by atoms with Crippen molar-refractivity contribution in [2.24, 2.45) is 5.73 Å². The van der Waals surface area contributed by atoms with Crippen molar-refractivity contribution >= 4 is 24.2 Å². The molecule has 6 heteroatoms. The molecule has 0 fully saturated rings. The second kappa shape index (κ2) is 8.09. The molecule has 0 bridgehead atoms. The molecule has 20 heavy (non-hydrogen) atoms. The molecule has 0 aromatic heterocycles. The van der Waals surface area contributed by atoms with Gasteiger partial charge in [0.05, 0.1) is 5.56 Å². The lowest BCUT2D eigenvalue weighted by Crippen LogP contribution is -1.97. The summed E-state index contributed by atoms with van der Waals surface area (Å²) >= 11 is 9.03. The standard InChI is InChI=1S/C12H8F2OS.C2H6ClN/c13-9-2-1-3-11(15)12(9)8-5-4-7(16)6-10(8)14;3-1-2-4/h1-6,15-16H;1-2,4H2. The number of phenols is 1. The van der Waals surface area contributed by atoms with Crippen LogP contribution >= 0.6 is 24.2 Å². The number of alkyl halides is 1. The highest BCUT2D eigenvalue weighted by Crippen LogP contribution is 2.33. The third-order valence-corrected chi connectivity index (χ3v) is 2.82. The molecule has 0 atom stereocenters. The van der Waals surface area contributed by atoms with Gasteiger partial charge in [-0.25, -0.2) is 8.78 Å². The Morgan fingerprint density at radius 2 is 1.80 bits per heavy atom. The molecule has 0 aliphatic carbocycles. The Kier molecular flexibility index (Phi) is 6.78. The number of hydrogen-bond donors (Lipinski definition) is 3. The van der Waals surface area contributed by atoms with Crippen LogP contribution in [0, 0.1) is 11.6 Å². The van der Waals surface area contributed by atoms with E-state index in [1.54, 1.807) is 0 Å². The second-order valence-electron chi connectivity index (χ2n) is 3.78. The minimum Gasteiger partial charge on any atom is -0.507 e. The van der Waals surface area contributed by atoms with Crippen LogP contribution in [0.3, 0.4) is 0 Å². The quantitative estimate of drug-likeness (QED) is 0.582. The molecular formula is C14H14ClF2NOS. The number of rotatable bonds is 2. The Hall–Kier alpha value is -1.30. The first-order valence-electron chi connectivity index (χ1n) is 5.73. The molecule has 0 unspecified atom stereocenters. The lowest BCUT2D eigenvalue weighted by Gasteiger charge is -2.07.